The molecule has 144 valence electrons. The average Bonchev–Trinajstić information content (AvgIpc) is 3.13. The minimum atomic E-state index is -0.0301. The molecule has 0 spiro atoms. The average molecular weight is 388 g/mol. The SMILES string of the molecule is CNC(=O)[C@H]1CC[C@H]2OCCN(C(=O)CCc3nc4ccccc4s3)[C@@H]2C1. The second-order valence-electron chi connectivity index (χ2n) is 7.26. The molecule has 2 aromatic rings. The molecule has 4 rings (SSSR count). The number of hydrogen-bond donors (Lipinski definition) is 1. The molecule has 2 aliphatic rings. The molecule has 2 amide bonds. The molecule has 2 fully saturated rings. The molecular formula is C20H25N3O3S. The first-order valence-corrected chi connectivity index (χ1v) is 10.4. The highest BCUT2D eigenvalue weighted by Gasteiger charge is 2.41. The number of rotatable bonds is 4. The van der Waals surface area contributed by atoms with Crippen LogP contribution in [0.4, 0.5) is 0 Å². The summed E-state index contributed by atoms with van der Waals surface area (Å²) >= 11 is 1.66. The van der Waals surface area contributed by atoms with E-state index < -0.39 is 0 Å². The van der Waals surface area contributed by atoms with Crippen molar-refractivity contribution in [3.8, 4) is 0 Å². The van der Waals surface area contributed by atoms with Gasteiger partial charge in [-0.05, 0) is 31.4 Å². The maximum Gasteiger partial charge on any atom is 0.223 e. The number of ether oxygens (including phenoxy) is 1. The number of aryl methyl sites for hydroxylation is 1. The second-order valence-corrected chi connectivity index (χ2v) is 8.38. The molecule has 0 radical (unpaired) electrons. The fourth-order valence-electron chi connectivity index (χ4n) is 4.25. The Bertz CT molecular complexity index is 804. The first kappa shape index (κ1) is 18.4. The molecular weight excluding hydrogens is 362 g/mol. The number of amides is 2. The Balaban J connectivity index is 1.41. The van der Waals surface area contributed by atoms with E-state index in [1.54, 1.807) is 18.4 Å². The van der Waals surface area contributed by atoms with E-state index in [0.29, 0.717) is 32.4 Å². The van der Waals surface area contributed by atoms with Crippen molar-refractivity contribution in [1.82, 2.24) is 15.2 Å². The van der Waals surface area contributed by atoms with Crippen molar-refractivity contribution >= 4 is 33.4 Å². The maximum absolute atomic E-state index is 12.9. The van der Waals surface area contributed by atoms with Gasteiger partial charge in [-0.25, -0.2) is 4.98 Å². The van der Waals surface area contributed by atoms with Crippen LogP contribution in [0.3, 0.4) is 0 Å². The van der Waals surface area contributed by atoms with Gasteiger partial charge in [0.25, 0.3) is 0 Å². The van der Waals surface area contributed by atoms with Crippen LogP contribution in [-0.4, -0.2) is 54.0 Å². The predicted molar refractivity (Wildman–Crippen MR) is 105 cm³/mol. The zero-order valence-electron chi connectivity index (χ0n) is 15.5. The molecule has 2 heterocycles. The van der Waals surface area contributed by atoms with Gasteiger partial charge in [0.15, 0.2) is 0 Å². The Morgan fingerprint density at radius 1 is 1.33 bits per heavy atom. The van der Waals surface area contributed by atoms with Crippen LogP contribution >= 0.6 is 11.3 Å². The summed E-state index contributed by atoms with van der Waals surface area (Å²) in [7, 11) is 1.67. The lowest BCUT2D eigenvalue weighted by Crippen LogP contribution is -2.57. The van der Waals surface area contributed by atoms with Crippen molar-refractivity contribution < 1.29 is 14.3 Å². The van der Waals surface area contributed by atoms with Gasteiger partial charge in [0.05, 0.1) is 34.0 Å². The minimum absolute atomic E-state index is 0.0117. The lowest BCUT2D eigenvalue weighted by atomic mass is 9.81. The number of aromatic nitrogens is 1. The van der Waals surface area contributed by atoms with Gasteiger partial charge >= 0.3 is 0 Å². The van der Waals surface area contributed by atoms with Crippen LogP contribution < -0.4 is 5.32 Å². The molecule has 6 nitrogen and oxygen atoms in total. The molecule has 1 aromatic carbocycles. The van der Waals surface area contributed by atoms with E-state index >= 15 is 0 Å². The summed E-state index contributed by atoms with van der Waals surface area (Å²) in [4.78, 5) is 31.6. The first-order chi connectivity index (χ1) is 13.2. The Hall–Kier alpha value is -1.99. The summed E-state index contributed by atoms with van der Waals surface area (Å²) in [6.45, 7) is 1.19. The number of thiazole rings is 1. The molecule has 27 heavy (non-hydrogen) atoms. The third-order valence-electron chi connectivity index (χ3n) is 5.65. The summed E-state index contributed by atoms with van der Waals surface area (Å²) in [6.07, 6.45) is 3.53. The van der Waals surface area contributed by atoms with E-state index in [1.165, 1.54) is 0 Å². The van der Waals surface area contributed by atoms with Crippen molar-refractivity contribution in [2.45, 2.75) is 44.2 Å². The molecule has 1 N–H and O–H groups in total. The van der Waals surface area contributed by atoms with Crippen molar-refractivity contribution in [1.29, 1.82) is 0 Å². The van der Waals surface area contributed by atoms with Crippen LogP contribution in [0.15, 0.2) is 24.3 Å². The van der Waals surface area contributed by atoms with E-state index in [0.717, 1.165) is 28.1 Å². The minimum Gasteiger partial charge on any atom is -0.374 e. The monoisotopic (exact) mass is 387 g/mol. The topological polar surface area (TPSA) is 71.5 Å². The molecule has 1 saturated heterocycles. The molecule has 0 bridgehead atoms. The van der Waals surface area contributed by atoms with E-state index in [4.69, 9.17) is 4.74 Å². The Morgan fingerprint density at radius 3 is 3.00 bits per heavy atom. The van der Waals surface area contributed by atoms with Gasteiger partial charge in [0.2, 0.25) is 11.8 Å². The summed E-state index contributed by atoms with van der Waals surface area (Å²) in [5, 5.41) is 3.74. The molecule has 1 aliphatic heterocycles. The number of hydrogen-bond acceptors (Lipinski definition) is 5. The van der Waals surface area contributed by atoms with E-state index in [-0.39, 0.29) is 29.9 Å². The zero-order chi connectivity index (χ0) is 18.8. The van der Waals surface area contributed by atoms with Crippen molar-refractivity contribution in [2.24, 2.45) is 5.92 Å². The number of carbonyl (C=O) groups is 2. The van der Waals surface area contributed by atoms with Crippen molar-refractivity contribution in [3.05, 3.63) is 29.3 Å². The number of morpholine rings is 1. The van der Waals surface area contributed by atoms with E-state index in [1.807, 2.05) is 23.1 Å². The number of nitrogens with zero attached hydrogens (tertiary/aromatic N) is 2. The van der Waals surface area contributed by atoms with Crippen LogP contribution in [0.1, 0.15) is 30.7 Å². The quantitative estimate of drug-likeness (QED) is 0.874. The van der Waals surface area contributed by atoms with Gasteiger partial charge in [-0.3, -0.25) is 9.59 Å². The first-order valence-electron chi connectivity index (χ1n) is 9.63. The van der Waals surface area contributed by atoms with Crippen LogP contribution in [0.5, 0.6) is 0 Å². The number of carbonyl (C=O) groups excluding carboxylic acids is 2. The molecule has 3 atom stereocenters. The highest BCUT2D eigenvalue weighted by molar-refractivity contribution is 7.18. The molecule has 0 unspecified atom stereocenters. The summed E-state index contributed by atoms with van der Waals surface area (Å²) in [6, 6.07) is 8.07. The van der Waals surface area contributed by atoms with Crippen LogP contribution in [0.25, 0.3) is 10.2 Å². The summed E-state index contributed by atoms with van der Waals surface area (Å²) in [5.74, 6) is 0.184. The largest absolute Gasteiger partial charge is 0.374 e. The van der Waals surface area contributed by atoms with Gasteiger partial charge in [-0.2, -0.15) is 0 Å². The standard InChI is InChI=1S/C20H25N3O3S/c1-21-20(25)13-6-7-16-15(12-13)23(10-11-26-16)19(24)9-8-18-22-14-4-2-3-5-17(14)27-18/h2-5,13,15-16H,6-12H2,1H3,(H,21,25)/t13-,15+,16+/m0/s1. The zero-order valence-corrected chi connectivity index (χ0v) is 16.3. The Labute approximate surface area is 162 Å². The fourth-order valence-corrected chi connectivity index (χ4v) is 5.21. The normalized spacial score (nSPS) is 25.2. The molecule has 7 heteroatoms. The Kier molecular flexibility index (Phi) is 5.41. The van der Waals surface area contributed by atoms with Gasteiger partial charge in [-0.15, -0.1) is 11.3 Å². The molecule has 1 saturated carbocycles. The number of para-hydroxylation sites is 1. The molecule has 1 aliphatic carbocycles. The van der Waals surface area contributed by atoms with Gasteiger partial charge in [-0.1, -0.05) is 12.1 Å². The highest BCUT2D eigenvalue weighted by Crippen LogP contribution is 2.33. The molecule has 1 aromatic heterocycles. The van der Waals surface area contributed by atoms with Crippen molar-refractivity contribution in [2.75, 3.05) is 20.2 Å². The highest BCUT2D eigenvalue weighted by atomic mass is 32.1. The fraction of sp³-hybridized carbons (Fsp3) is 0.550. The van der Waals surface area contributed by atoms with Crippen LogP contribution in [0.2, 0.25) is 0 Å². The Morgan fingerprint density at radius 2 is 2.19 bits per heavy atom. The van der Waals surface area contributed by atoms with Gasteiger partial charge < -0.3 is 15.0 Å². The van der Waals surface area contributed by atoms with Crippen molar-refractivity contribution in [3.63, 3.8) is 0 Å². The van der Waals surface area contributed by atoms with Gasteiger partial charge in [0.1, 0.15) is 0 Å². The lowest BCUT2D eigenvalue weighted by molar-refractivity contribution is -0.154. The maximum atomic E-state index is 12.9. The number of nitrogens with one attached hydrogen (secondary N) is 1. The van der Waals surface area contributed by atoms with E-state index in [2.05, 4.69) is 16.4 Å². The lowest BCUT2D eigenvalue weighted by Gasteiger charge is -2.45. The summed E-state index contributed by atoms with van der Waals surface area (Å²) < 4.78 is 7.05. The smallest absolute Gasteiger partial charge is 0.223 e. The van der Waals surface area contributed by atoms with E-state index in [9.17, 15) is 9.59 Å². The second kappa shape index (κ2) is 7.94. The van der Waals surface area contributed by atoms with Crippen LogP contribution in [-0.2, 0) is 20.7 Å². The third kappa shape index (κ3) is 3.84. The van der Waals surface area contributed by atoms with Crippen LogP contribution in [0, 0.1) is 5.92 Å². The third-order valence-corrected chi connectivity index (χ3v) is 6.74. The number of benzene rings is 1. The summed E-state index contributed by atoms with van der Waals surface area (Å²) in [5.41, 5.74) is 0.997. The predicted octanol–water partition coefficient (Wildman–Crippen LogP) is 2.37. The number of fused-ring (bicyclic) bond motifs is 2. The van der Waals surface area contributed by atoms with Gasteiger partial charge in [0, 0.05) is 32.4 Å².